The Hall–Kier alpha value is -2.57. The number of ether oxygens (including phenoxy) is 4. The monoisotopic (exact) mass is 397 g/mol. The lowest BCUT2D eigenvalue weighted by atomic mass is 10.1. The Balaban J connectivity index is 1.57. The molecule has 2 aromatic carbocycles. The normalized spacial score (nSPS) is 17.2. The largest absolute Gasteiger partial charge is 0.493 e. The topological polar surface area (TPSA) is 57.2 Å². The van der Waals surface area contributed by atoms with Gasteiger partial charge in [-0.2, -0.15) is 0 Å². The summed E-state index contributed by atoms with van der Waals surface area (Å²) in [4.78, 5) is 15.0. The predicted octanol–water partition coefficient (Wildman–Crippen LogP) is 3.87. The van der Waals surface area contributed by atoms with Gasteiger partial charge in [-0.1, -0.05) is 38.1 Å². The first kappa shape index (κ1) is 19.7. The third-order valence-corrected chi connectivity index (χ3v) is 5.29. The van der Waals surface area contributed by atoms with E-state index in [4.69, 9.17) is 18.9 Å². The lowest BCUT2D eigenvalue weighted by Crippen LogP contribution is -2.40. The zero-order chi connectivity index (χ0) is 20.4. The molecule has 154 valence electrons. The van der Waals surface area contributed by atoms with Gasteiger partial charge in [0.25, 0.3) is 11.7 Å². The van der Waals surface area contributed by atoms with Crippen LogP contribution in [0.3, 0.4) is 0 Å². The summed E-state index contributed by atoms with van der Waals surface area (Å²) < 4.78 is 22.9. The summed E-state index contributed by atoms with van der Waals surface area (Å²) in [5, 5.41) is 0. The molecule has 2 heterocycles. The molecule has 0 radical (unpaired) electrons. The van der Waals surface area contributed by atoms with E-state index in [1.807, 2.05) is 42.5 Å². The maximum absolute atomic E-state index is 13.2. The molecule has 6 heteroatoms. The van der Waals surface area contributed by atoms with Crippen LogP contribution in [0.5, 0.6) is 11.5 Å². The minimum Gasteiger partial charge on any atom is -0.493 e. The number of para-hydroxylation sites is 1. The number of hydrogen-bond acceptors (Lipinski definition) is 5. The molecule has 0 saturated carbocycles. The van der Waals surface area contributed by atoms with Gasteiger partial charge in [-0.15, -0.1) is 0 Å². The number of carbonyl (C=O) groups is 1. The third-order valence-electron chi connectivity index (χ3n) is 5.29. The lowest BCUT2D eigenvalue weighted by molar-refractivity contribution is -0.180. The molecule has 1 fully saturated rings. The van der Waals surface area contributed by atoms with E-state index in [0.29, 0.717) is 43.8 Å². The number of hydrogen-bond donors (Lipinski definition) is 0. The Bertz CT molecular complexity index is 889. The van der Waals surface area contributed by atoms with E-state index >= 15 is 0 Å². The molecule has 2 aliphatic heterocycles. The molecule has 2 aliphatic rings. The van der Waals surface area contributed by atoms with E-state index in [9.17, 15) is 4.79 Å². The molecule has 6 nitrogen and oxygen atoms in total. The molecule has 1 saturated heterocycles. The average Bonchev–Trinajstić information content (AvgIpc) is 3.30. The SMILES string of the molecule is COc1cc(CN2C(=O)C3(OCCO3)c3ccccc32)ccc1OCCC(C)C. The van der Waals surface area contributed by atoms with E-state index in [1.165, 1.54) is 0 Å². The molecule has 29 heavy (non-hydrogen) atoms. The number of rotatable bonds is 7. The summed E-state index contributed by atoms with van der Waals surface area (Å²) in [6, 6.07) is 13.4. The standard InChI is InChI=1S/C23H27NO5/c1-16(2)10-11-27-20-9-8-17(14-21(20)26-3)15-24-19-7-5-4-6-18(19)23(22(24)25)28-12-13-29-23/h4-9,14,16H,10-13,15H2,1-3H3. The van der Waals surface area contributed by atoms with Crippen LogP contribution in [0, 0.1) is 5.92 Å². The third kappa shape index (κ3) is 3.58. The summed E-state index contributed by atoms with van der Waals surface area (Å²) in [5.74, 6) is 0.458. The van der Waals surface area contributed by atoms with E-state index in [-0.39, 0.29) is 5.91 Å². The van der Waals surface area contributed by atoms with Crippen molar-refractivity contribution < 1.29 is 23.7 Å². The predicted molar refractivity (Wildman–Crippen MR) is 109 cm³/mol. The van der Waals surface area contributed by atoms with Crippen LogP contribution in [0.15, 0.2) is 42.5 Å². The van der Waals surface area contributed by atoms with Gasteiger partial charge in [0, 0.05) is 5.56 Å². The van der Waals surface area contributed by atoms with Crippen molar-refractivity contribution in [2.75, 3.05) is 31.8 Å². The van der Waals surface area contributed by atoms with Gasteiger partial charge >= 0.3 is 0 Å². The molecular formula is C23H27NO5. The van der Waals surface area contributed by atoms with Crippen molar-refractivity contribution in [1.29, 1.82) is 0 Å². The fraction of sp³-hybridized carbons (Fsp3) is 0.435. The Morgan fingerprint density at radius 2 is 1.86 bits per heavy atom. The molecule has 0 unspecified atom stereocenters. The number of amides is 1. The second-order valence-electron chi connectivity index (χ2n) is 7.74. The summed E-state index contributed by atoms with van der Waals surface area (Å²) in [7, 11) is 1.62. The highest BCUT2D eigenvalue weighted by atomic mass is 16.7. The van der Waals surface area contributed by atoms with Crippen LogP contribution >= 0.6 is 0 Å². The van der Waals surface area contributed by atoms with Gasteiger partial charge in [0.1, 0.15) is 0 Å². The first-order chi connectivity index (χ1) is 14.0. The Morgan fingerprint density at radius 3 is 2.59 bits per heavy atom. The summed E-state index contributed by atoms with van der Waals surface area (Å²) >= 11 is 0. The highest BCUT2D eigenvalue weighted by Crippen LogP contribution is 2.46. The molecule has 0 N–H and O–H groups in total. The van der Waals surface area contributed by atoms with Crippen LogP contribution in [0.1, 0.15) is 31.4 Å². The summed E-state index contributed by atoms with van der Waals surface area (Å²) in [6.07, 6.45) is 0.978. The minimum absolute atomic E-state index is 0.188. The van der Waals surface area contributed by atoms with Crippen molar-refractivity contribution in [2.24, 2.45) is 5.92 Å². The molecular weight excluding hydrogens is 370 g/mol. The quantitative estimate of drug-likeness (QED) is 0.710. The molecule has 0 aliphatic carbocycles. The van der Waals surface area contributed by atoms with E-state index in [2.05, 4.69) is 13.8 Å². The zero-order valence-corrected chi connectivity index (χ0v) is 17.1. The number of anilines is 1. The fourth-order valence-corrected chi connectivity index (χ4v) is 3.75. The second-order valence-corrected chi connectivity index (χ2v) is 7.74. The Kier molecular flexibility index (Phi) is 5.48. The van der Waals surface area contributed by atoms with Crippen LogP contribution in [-0.2, 0) is 26.6 Å². The molecule has 0 bridgehead atoms. The van der Waals surface area contributed by atoms with Gasteiger partial charge in [-0.05, 0) is 36.1 Å². The number of carbonyl (C=O) groups excluding carboxylic acids is 1. The second kappa shape index (κ2) is 8.05. The van der Waals surface area contributed by atoms with Gasteiger partial charge < -0.3 is 23.8 Å². The molecule has 0 aromatic heterocycles. The van der Waals surface area contributed by atoms with Crippen LogP contribution in [0.25, 0.3) is 0 Å². The minimum atomic E-state index is -1.30. The van der Waals surface area contributed by atoms with Gasteiger partial charge in [-0.25, -0.2) is 0 Å². The van der Waals surface area contributed by atoms with Gasteiger partial charge in [0.2, 0.25) is 0 Å². The highest BCUT2D eigenvalue weighted by Gasteiger charge is 2.55. The van der Waals surface area contributed by atoms with E-state index < -0.39 is 5.79 Å². The molecule has 1 amide bonds. The van der Waals surface area contributed by atoms with E-state index in [0.717, 1.165) is 23.2 Å². The molecule has 0 atom stereocenters. The first-order valence-electron chi connectivity index (χ1n) is 10.0. The zero-order valence-electron chi connectivity index (χ0n) is 17.1. The maximum Gasteiger partial charge on any atom is 0.292 e. The van der Waals surface area contributed by atoms with E-state index in [1.54, 1.807) is 12.0 Å². The van der Waals surface area contributed by atoms with Crippen molar-refractivity contribution >= 4 is 11.6 Å². The van der Waals surface area contributed by atoms with Crippen molar-refractivity contribution in [2.45, 2.75) is 32.6 Å². The maximum atomic E-state index is 13.2. The van der Waals surface area contributed by atoms with Crippen molar-refractivity contribution in [3.05, 3.63) is 53.6 Å². The van der Waals surface area contributed by atoms with Crippen LogP contribution in [0.2, 0.25) is 0 Å². The number of methoxy groups -OCH3 is 1. The molecule has 1 spiro atoms. The van der Waals surface area contributed by atoms with Crippen molar-refractivity contribution in [1.82, 2.24) is 0 Å². The molecule has 4 rings (SSSR count). The smallest absolute Gasteiger partial charge is 0.292 e. The highest BCUT2D eigenvalue weighted by molar-refractivity contribution is 6.06. The Morgan fingerprint density at radius 1 is 1.10 bits per heavy atom. The van der Waals surface area contributed by atoms with Crippen LogP contribution in [-0.4, -0.2) is 32.8 Å². The summed E-state index contributed by atoms with van der Waals surface area (Å²) in [6.45, 7) is 6.18. The van der Waals surface area contributed by atoms with Gasteiger partial charge in [-0.3, -0.25) is 4.79 Å². The number of nitrogens with zero attached hydrogens (tertiary/aromatic N) is 1. The van der Waals surface area contributed by atoms with Gasteiger partial charge in [0.05, 0.1) is 39.2 Å². The van der Waals surface area contributed by atoms with Gasteiger partial charge in [0.15, 0.2) is 11.5 Å². The first-order valence-corrected chi connectivity index (χ1v) is 10.0. The fourth-order valence-electron chi connectivity index (χ4n) is 3.75. The number of benzene rings is 2. The lowest BCUT2D eigenvalue weighted by Gasteiger charge is -2.22. The van der Waals surface area contributed by atoms with Crippen molar-refractivity contribution in [3.63, 3.8) is 0 Å². The average molecular weight is 397 g/mol. The Labute approximate surface area is 171 Å². The number of fused-ring (bicyclic) bond motifs is 2. The van der Waals surface area contributed by atoms with Crippen LogP contribution in [0.4, 0.5) is 5.69 Å². The van der Waals surface area contributed by atoms with Crippen molar-refractivity contribution in [3.8, 4) is 11.5 Å². The summed E-state index contributed by atoms with van der Waals surface area (Å²) in [5.41, 5.74) is 2.52. The molecule has 2 aromatic rings. The van der Waals surface area contributed by atoms with Crippen LogP contribution < -0.4 is 14.4 Å².